The molecule has 0 radical (unpaired) electrons. The molecule has 0 aromatic carbocycles. The van der Waals surface area contributed by atoms with Gasteiger partial charge in [-0.1, -0.05) is 20.8 Å². The largest absolute Gasteiger partial charge is 0.365 e. The minimum atomic E-state index is -0.777. The Morgan fingerprint density at radius 1 is 1.14 bits per heavy atom. The van der Waals surface area contributed by atoms with Gasteiger partial charge in [0.25, 0.3) is 11.5 Å². The topological polar surface area (TPSA) is 107 Å². The van der Waals surface area contributed by atoms with Gasteiger partial charge in [0.2, 0.25) is 5.91 Å². The maximum atomic E-state index is 13.6. The van der Waals surface area contributed by atoms with Crippen molar-refractivity contribution in [1.29, 1.82) is 0 Å². The number of amides is 2. The first kappa shape index (κ1) is 24.2. The SMILES string of the molecule is CC(C(=O)Nc1sc2c(c1C(N)=O)CCCC2)n1cnc2sc3c(c2c1=O)CCC(C(C)(C)C)C3. The van der Waals surface area contributed by atoms with Crippen LogP contribution in [-0.4, -0.2) is 21.4 Å². The fourth-order valence-corrected chi connectivity index (χ4v) is 8.01. The van der Waals surface area contributed by atoms with Gasteiger partial charge in [-0.25, -0.2) is 4.98 Å². The molecule has 3 N–H and O–H groups in total. The molecular formula is C26H32N4O3S2. The highest BCUT2D eigenvalue weighted by atomic mass is 32.1. The molecule has 3 aromatic rings. The van der Waals surface area contributed by atoms with Crippen LogP contribution in [0, 0.1) is 11.3 Å². The number of nitrogens with two attached hydrogens (primary N) is 1. The lowest BCUT2D eigenvalue weighted by molar-refractivity contribution is -0.118. The monoisotopic (exact) mass is 512 g/mol. The lowest BCUT2D eigenvalue weighted by Crippen LogP contribution is -2.32. The Labute approximate surface area is 212 Å². The van der Waals surface area contributed by atoms with E-state index in [1.165, 1.54) is 27.1 Å². The molecule has 186 valence electrons. The van der Waals surface area contributed by atoms with Crippen molar-refractivity contribution in [1.82, 2.24) is 9.55 Å². The molecule has 3 heterocycles. The summed E-state index contributed by atoms with van der Waals surface area (Å²) in [6.45, 7) is 8.51. The van der Waals surface area contributed by atoms with Gasteiger partial charge in [-0.2, -0.15) is 0 Å². The average molecular weight is 513 g/mol. The van der Waals surface area contributed by atoms with Crippen molar-refractivity contribution in [3.8, 4) is 0 Å². The molecule has 5 rings (SSSR count). The predicted molar refractivity (Wildman–Crippen MR) is 142 cm³/mol. The number of hydrogen-bond donors (Lipinski definition) is 2. The van der Waals surface area contributed by atoms with Crippen LogP contribution in [0.2, 0.25) is 0 Å². The van der Waals surface area contributed by atoms with Gasteiger partial charge >= 0.3 is 0 Å². The van der Waals surface area contributed by atoms with Crippen LogP contribution in [0.3, 0.4) is 0 Å². The Kier molecular flexibility index (Phi) is 6.12. The molecule has 35 heavy (non-hydrogen) atoms. The molecule has 2 amide bonds. The molecule has 0 spiro atoms. The quantitative estimate of drug-likeness (QED) is 0.521. The number of aryl methyl sites for hydroxylation is 2. The maximum Gasteiger partial charge on any atom is 0.263 e. The van der Waals surface area contributed by atoms with Crippen LogP contribution in [0.4, 0.5) is 5.00 Å². The molecule has 0 aliphatic heterocycles. The summed E-state index contributed by atoms with van der Waals surface area (Å²) in [5.74, 6) is -0.302. The summed E-state index contributed by atoms with van der Waals surface area (Å²) in [6.07, 6.45) is 8.13. The summed E-state index contributed by atoms with van der Waals surface area (Å²) in [5, 5.41) is 4.04. The molecule has 9 heteroatoms. The van der Waals surface area contributed by atoms with Crippen molar-refractivity contribution in [2.45, 2.75) is 78.7 Å². The van der Waals surface area contributed by atoms with Crippen LogP contribution in [0.5, 0.6) is 0 Å². The Hall–Kier alpha value is -2.52. The Balaban J connectivity index is 1.45. The molecule has 2 aliphatic rings. The standard InChI is InChI=1S/C26H32N4O3S2/c1-13(22(32)29-24-19(21(27)31)15-7-5-6-8-17(15)34-24)30-12-28-23-20(25(30)33)16-10-9-14(26(2,3)4)11-18(16)35-23/h12-14H,5-11H2,1-4H3,(H2,27,31)(H,29,32). The molecule has 3 aromatic heterocycles. The van der Waals surface area contributed by atoms with Crippen molar-refractivity contribution >= 4 is 49.7 Å². The summed E-state index contributed by atoms with van der Waals surface area (Å²) >= 11 is 3.04. The van der Waals surface area contributed by atoms with Gasteiger partial charge in [0.1, 0.15) is 15.9 Å². The van der Waals surface area contributed by atoms with Crippen LogP contribution in [0.25, 0.3) is 10.2 Å². The number of primary amides is 1. The van der Waals surface area contributed by atoms with Crippen LogP contribution in [-0.2, 0) is 30.5 Å². The number of carbonyl (C=O) groups is 2. The van der Waals surface area contributed by atoms with E-state index in [9.17, 15) is 14.4 Å². The highest BCUT2D eigenvalue weighted by Gasteiger charge is 2.32. The summed E-state index contributed by atoms with van der Waals surface area (Å²) in [7, 11) is 0. The lowest BCUT2D eigenvalue weighted by Gasteiger charge is -2.33. The number of thiophene rings is 2. The van der Waals surface area contributed by atoms with Crippen molar-refractivity contribution in [2.75, 3.05) is 5.32 Å². The van der Waals surface area contributed by atoms with Crippen molar-refractivity contribution in [3.63, 3.8) is 0 Å². The van der Waals surface area contributed by atoms with Crippen LogP contribution in [0.15, 0.2) is 11.1 Å². The second-order valence-corrected chi connectivity index (χ2v) is 13.1. The van der Waals surface area contributed by atoms with E-state index in [1.54, 1.807) is 18.3 Å². The minimum Gasteiger partial charge on any atom is -0.365 e. The molecule has 0 saturated carbocycles. The van der Waals surface area contributed by atoms with Gasteiger partial charge in [-0.15, -0.1) is 22.7 Å². The van der Waals surface area contributed by atoms with E-state index in [4.69, 9.17) is 5.73 Å². The first-order valence-corrected chi connectivity index (χ1v) is 14.0. The second-order valence-electron chi connectivity index (χ2n) is 10.9. The molecular weight excluding hydrogens is 480 g/mol. The number of nitrogens with one attached hydrogen (secondary N) is 1. The summed E-state index contributed by atoms with van der Waals surface area (Å²) in [4.78, 5) is 46.7. The Morgan fingerprint density at radius 3 is 2.60 bits per heavy atom. The minimum absolute atomic E-state index is 0.176. The zero-order valence-corrected chi connectivity index (χ0v) is 22.3. The third kappa shape index (κ3) is 4.22. The smallest absolute Gasteiger partial charge is 0.263 e. The zero-order chi connectivity index (χ0) is 25.1. The van der Waals surface area contributed by atoms with E-state index in [1.807, 2.05) is 0 Å². The van der Waals surface area contributed by atoms with E-state index in [0.29, 0.717) is 21.9 Å². The number of aromatic nitrogens is 2. The summed E-state index contributed by atoms with van der Waals surface area (Å²) in [5.41, 5.74) is 8.21. The van der Waals surface area contributed by atoms with E-state index < -0.39 is 11.9 Å². The number of fused-ring (bicyclic) bond motifs is 4. The summed E-state index contributed by atoms with van der Waals surface area (Å²) < 4.78 is 1.41. The Morgan fingerprint density at radius 2 is 1.89 bits per heavy atom. The molecule has 2 unspecified atom stereocenters. The molecule has 2 atom stereocenters. The normalized spacial score (nSPS) is 18.7. The average Bonchev–Trinajstić information content (AvgIpc) is 3.35. The third-order valence-electron chi connectivity index (χ3n) is 7.67. The number of carbonyl (C=O) groups excluding carboxylic acids is 2. The third-order valence-corrected chi connectivity index (χ3v) is 10.0. The second kappa shape index (κ2) is 8.85. The van der Waals surface area contributed by atoms with Gasteiger partial charge in [0.15, 0.2) is 0 Å². The number of hydrogen-bond acceptors (Lipinski definition) is 6. The molecule has 0 bridgehead atoms. The van der Waals surface area contributed by atoms with Crippen molar-refractivity contribution < 1.29 is 9.59 Å². The van der Waals surface area contributed by atoms with Crippen molar-refractivity contribution in [2.24, 2.45) is 17.1 Å². The molecule has 7 nitrogen and oxygen atoms in total. The van der Waals surface area contributed by atoms with Crippen LogP contribution in [0.1, 0.15) is 84.2 Å². The first-order valence-electron chi connectivity index (χ1n) is 12.3. The van der Waals surface area contributed by atoms with Crippen molar-refractivity contribution in [3.05, 3.63) is 43.1 Å². The highest BCUT2D eigenvalue weighted by molar-refractivity contribution is 7.18. The van der Waals surface area contributed by atoms with Gasteiger partial charge in [-0.3, -0.25) is 19.0 Å². The van der Waals surface area contributed by atoms with E-state index in [-0.39, 0.29) is 16.9 Å². The fourth-order valence-electron chi connectivity index (χ4n) is 5.45. The van der Waals surface area contributed by atoms with Gasteiger partial charge in [-0.05, 0) is 74.3 Å². The van der Waals surface area contributed by atoms with Gasteiger partial charge in [0.05, 0.1) is 17.3 Å². The summed E-state index contributed by atoms with van der Waals surface area (Å²) in [6, 6.07) is -0.777. The highest BCUT2D eigenvalue weighted by Crippen LogP contribution is 2.42. The van der Waals surface area contributed by atoms with Gasteiger partial charge < -0.3 is 11.1 Å². The lowest BCUT2D eigenvalue weighted by atomic mass is 9.72. The van der Waals surface area contributed by atoms with Crippen LogP contribution >= 0.6 is 22.7 Å². The first-order chi connectivity index (χ1) is 16.6. The van der Waals surface area contributed by atoms with Gasteiger partial charge in [0, 0.05) is 9.75 Å². The van der Waals surface area contributed by atoms with E-state index >= 15 is 0 Å². The predicted octanol–water partition coefficient (Wildman–Crippen LogP) is 4.85. The molecule has 0 saturated heterocycles. The molecule has 2 aliphatic carbocycles. The fraction of sp³-hybridized carbons (Fsp3) is 0.538. The maximum absolute atomic E-state index is 13.6. The molecule has 0 fully saturated rings. The number of rotatable bonds is 4. The van der Waals surface area contributed by atoms with E-state index in [0.717, 1.165) is 65.8 Å². The number of anilines is 1. The number of nitrogens with zero attached hydrogens (tertiary/aromatic N) is 2. The van der Waals surface area contributed by atoms with Crippen LogP contribution < -0.4 is 16.6 Å². The Bertz CT molecular complexity index is 1390. The van der Waals surface area contributed by atoms with E-state index in [2.05, 4.69) is 31.1 Å². The zero-order valence-electron chi connectivity index (χ0n) is 20.7.